The van der Waals surface area contributed by atoms with Gasteiger partial charge in [0.2, 0.25) is 0 Å². The highest BCUT2D eigenvalue weighted by atomic mass is 19.1. The summed E-state index contributed by atoms with van der Waals surface area (Å²) in [6.45, 7) is 9.02. The summed E-state index contributed by atoms with van der Waals surface area (Å²) in [5.41, 5.74) is 1.88. The molecule has 0 atom stereocenters. The van der Waals surface area contributed by atoms with Crippen molar-refractivity contribution in [2.45, 2.75) is 45.3 Å². The first-order chi connectivity index (χ1) is 10.1. The molecule has 1 saturated carbocycles. The molecule has 0 amide bonds. The molecule has 2 fully saturated rings. The van der Waals surface area contributed by atoms with Gasteiger partial charge in [-0.2, -0.15) is 0 Å². The molecule has 0 bridgehead atoms. The predicted molar refractivity (Wildman–Crippen MR) is 85.2 cm³/mol. The second-order valence-corrected chi connectivity index (χ2v) is 6.53. The number of halogens is 1. The van der Waals surface area contributed by atoms with Gasteiger partial charge in [0.15, 0.2) is 0 Å². The fourth-order valence-corrected chi connectivity index (χ4v) is 3.09. The monoisotopic (exact) mass is 291 g/mol. The molecule has 21 heavy (non-hydrogen) atoms. The molecule has 1 aliphatic carbocycles. The number of benzene rings is 1. The number of nitrogens with zero attached hydrogens (tertiary/aromatic N) is 2. The summed E-state index contributed by atoms with van der Waals surface area (Å²) in [5.74, 6) is -0.0923. The van der Waals surface area contributed by atoms with Gasteiger partial charge >= 0.3 is 0 Å². The van der Waals surface area contributed by atoms with E-state index in [0.717, 1.165) is 43.5 Å². The van der Waals surface area contributed by atoms with Crippen molar-refractivity contribution in [2.24, 2.45) is 0 Å². The van der Waals surface area contributed by atoms with Crippen LogP contribution in [0.2, 0.25) is 0 Å². The first-order valence-electron chi connectivity index (χ1n) is 8.15. The molecule has 1 heterocycles. The predicted octanol–water partition coefficient (Wildman–Crippen LogP) is 2.61. The Hall–Kier alpha value is -1.13. The van der Waals surface area contributed by atoms with Crippen LogP contribution in [0.25, 0.3) is 0 Å². The Morgan fingerprint density at radius 1 is 1.19 bits per heavy atom. The zero-order valence-electron chi connectivity index (χ0n) is 13.1. The lowest BCUT2D eigenvalue weighted by Gasteiger charge is -2.37. The molecule has 0 unspecified atom stereocenters. The summed E-state index contributed by atoms with van der Waals surface area (Å²) in [6.07, 6.45) is 2.73. The van der Waals surface area contributed by atoms with Gasteiger partial charge in [-0.05, 0) is 25.0 Å². The number of hydrogen-bond acceptors (Lipinski definition) is 3. The number of piperazine rings is 1. The molecule has 116 valence electrons. The number of nitrogens with one attached hydrogen (secondary N) is 1. The highest BCUT2D eigenvalue weighted by molar-refractivity contribution is 5.54. The van der Waals surface area contributed by atoms with Crippen molar-refractivity contribution in [3.8, 4) is 0 Å². The normalized spacial score (nSPS) is 20.3. The van der Waals surface area contributed by atoms with Crippen LogP contribution in [0.4, 0.5) is 10.1 Å². The average molecular weight is 291 g/mol. The van der Waals surface area contributed by atoms with Crippen molar-refractivity contribution in [2.75, 3.05) is 31.1 Å². The number of hydrogen-bond donors (Lipinski definition) is 1. The summed E-state index contributed by atoms with van der Waals surface area (Å²) in [5, 5.41) is 3.34. The summed E-state index contributed by atoms with van der Waals surface area (Å²) in [4.78, 5) is 4.93. The van der Waals surface area contributed by atoms with Crippen LogP contribution in [0.1, 0.15) is 32.3 Å². The topological polar surface area (TPSA) is 18.5 Å². The van der Waals surface area contributed by atoms with E-state index in [1.165, 1.54) is 12.8 Å². The van der Waals surface area contributed by atoms with Gasteiger partial charge in [0, 0.05) is 56.1 Å². The second kappa shape index (κ2) is 6.32. The van der Waals surface area contributed by atoms with E-state index in [1.54, 1.807) is 6.07 Å². The fraction of sp³-hybridized carbons (Fsp3) is 0.647. The largest absolute Gasteiger partial charge is 0.369 e. The van der Waals surface area contributed by atoms with Crippen molar-refractivity contribution in [3.05, 3.63) is 29.6 Å². The molecular weight excluding hydrogens is 265 g/mol. The molecule has 3 rings (SSSR count). The summed E-state index contributed by atoms with van der Waals surface area (Å²) >= 11 is 0. The molecule has 0 aromatic heterocycles. The third kappa shape index (κ3) is 3.55. The maximum absolute atomic E-state index is 14.2. The minimum atomic E-state index is -0.0923. The van der Waals surface area contributed by atoms with Gasteiger partial charge in [-0.25, -0.2) is 4.39 Å². The van der Waals surface area contributed by atoms with Crippen molar-refractivity contribution >= 4 is 5.69 Å². The van der Waals surface area contributed by atoms with Gasteiger partial charge < -0.3 is 10.2 Å². The Balaban J connectivity index is 1.70. The van der Waals surface area contributed by atoms with Crippen LogP contribution in [0.5, 0.6) is 0 Å². The van der Waals surface area contributed by atoms with Crippen molar-refractivity contribution < 1.29 is 4.39 Å². The Labute approximate surface area is 127 Å². The molecule has 0 radical (unpaired) electrons. The van der Waals surface area contributed by atoms with Crippen molar-refractivity contribution in [3.63, 3.8) is 0 Å². The Bertz CT molecular complexity index is 477. The van der Waals surface area contributed by atoms with Gasteiger partial charge in [0.05, 0.1) is 0 Å². The van der Waals surface area contributed by atoms with Crippen LogP contribution >= 0.6 is 0 Å². The zero-order valence-corrected chi connectivity index (χ0v) is 13.1. The van der Waals surface area contributed by atoms with E-state index >= 15 is 0 Å². The van der Waals surface area contributed by atoms with Gasteiger partial charge in [0.25, 0.3) is 0 Å². The molecule has 4 heteroatoms. The minimum absolute atomic E-state index is 0.0923. The minimum Gasteiger partial charge on any atom is -0.369 e. The van der Waals surface area contributed by atoms with E-state index in [1.807, 2.05) is 6.07 Å². The van der Waals surface area contributed by atoms with Gasteiger partial charge in [-0.15, -0.1) is 0 Å². The van der Waals surface area contributed by atoms with Gasteiger partial charge in [-0.1, -0.05) is 19.9 Å². The average Bonchev–Trinajstić information content (AvgIpc) is 3.30. The Morgan fingerprint density at radius 2 is 1.90 bits per heavy atom. The molecule has 1 aromatic carbocycles. The van der Waals surface area contributed by atoms with Crippen LogP contribution in [0.3, 0.4) is 0 Å². The summed E-state index contributed by atoms with van der Waals surface area (Å²) in [6, 6.07) is 6.66. The van der Waals surface area contributed by atoms with E-state index in [0.29, 0.717) is 12.6 Å². The molecule has 1 aliphatic heterocycles. The molecule has 1 aromatic rings. The third-order valence-corrected chi connectivity index (χ3v) is 4.50. The summed E-state index contributed by atoms with van der Waals surface area (Å²) in [7, 11) is 0. The molecule has 2 aliphatic rings. The van der Waals surface area contributed by atoms with E-state index in [-0.39, 0.29) is 5.82 Å². The van der Waals surface area contributed by atoms with Gasteiger partial charge in [0.1, 0.15) is 5.82 Å². The molecule has 3 nitrogen and oxygen atoms in total. The smallest absolute Gasteiger partial charge is 0.129 e. The van der Waals surface area contributed by atoms with E-state index in [2.05, 4.69) is 35.0 Å². The van der Waals surface area contributed by atoms with Gasteiger partial charge in [-0.3, -0.25) is 4.90 Å². The summed E-state index contributed by atoms with van der Waals surface area (Å²) < 4.78 is 14.2. The quantitative estimate of drug-likeness (QED) is 0.899. The van der Waals surface area contributed by atoms with Crippen LogP contribution in [0, 0.1) is 5.82 Å². The van der Waals surface area contributed by atoms with E-state index < -0.39 is 0 Å². The maximum atomic E-state index is 14.2. The number of anilines is 1. The standard InChI is InChI=1S/C17H26FN3/c1-13(2)19-12-15-16(18)4-3-5-17(15)21-10-8-20(9-11-21)14-6-7-14/h3-5,13-14,19H,6-12H2,1-2H3. The lowest BCUT2D eigenvalue weighted by atomic mass is 10.1. The number of rotatable bonds is 5. The van der Waals surface area contributed by atoms with Crippen LogP contribution in [-0.4, -0.2) is 43.2 Å². The SMILES string of the molecule is CC(C)NCc1c(F)cccc1N1CCN(C2CC2)CC1. The van der Waals surface area contributed by atoms with Crippen LogP contribution in [0.15, 0.2) is 18.2 Å². The van der Waals surface area contributed by atoms with E-state index in [9.17, 15) is 4.39 Å². The lowest BCUT2D eigenvalue weighted by Crippen LogP contribution is -2.47. The Morgan fingerprint density at radius 3 is 2.52 bits per heavy atom. The first kappa shape index (κ1) is 14.8. The molecule has 1 N–H and O–H groups in total. The fourth-order valence-electron chi connectivity index (χ4n) is 3.09. The molecular formula is C17H26FN3. The van der Waals surface area contributed by atoms with Crippen LogP contribution in [-0.2, 0) is 6.54 Å². The van der Waals surface area contributed by atoms with Crippen molar-refractivity contribution in [1.29, 1.82) is 0 Å². The molecule has 1 saturated heterocycles. The Kier molecular flexibility index (Phi) is 4.45. The first-order valence-corrected chi connectivity index (χ1v) is 8.15. The van der Waals surface area contributed by atoms with E-state index in [4.69, 9.17) is 0 Å². The zero-order chi connectivity index (χ0) is 14.8. The second-order valence-electron chi connectivity index (χ2n) is 6.53. The third-order valence-electron chi connectivity index (χ3n) is 4.50. The van der Waals surface area contributed by atoms with Crippen LogP contribution < -0.4 is 10.2 Å². The lowest BCUT2D eigenvalue weighted by molar-refractivity contribution is 0.248. The highest BCUT2D eigenvalue weighted by Crippen LogP contribution is 2.30. The maximum Gasteiger partial charge on any atom is 0.129 e. The molecule has 0 spiro atoms. The highest BCUT2D eigenvalue weighted by Gasteiger charge is 2.31. The van der Waals surface area contributed by atoms with Crippen molar-refractivity contribution in [1.82, 2.24) is 10.2 Å².